The van der Waals surface area contributed by atoms with Crippen molar-refractivity contribution in [3.05, 3.63) is 49.1 Å². The number of nitrogens with zero attached hydrogens (tertiary/aromatic N) is 2. The predicted molar refractivity (Wildman–Crippen MR) is 55.9 cm³/mol. The van der Waals surface area contributed by atoms with Gasteiger partial charge in [0.15, 0.2) is 0 Å². The summed E-state index contributed by atoms with van der Waals surface area (Å²) in [7, 11) is 0. The highest BCUT2D eigenvalue weighted by Gasteiger charge is 2.14. The van der Waals surface area contributed by atoms with E-state index in [-0.39, 0.29) is 0 Å². The minimum Gasteiger partial charge on any atom is -0.378 e. The molecule has 0 unspecified atom stereocenters. The molecule has 0 bridgehead atoms. The van der Waals surface area contributed by atoms with E-state index in [0.717, 1.165) is 6.32 Å². The first-order valence-electron chi connectivity index (χ1n) is 4.66. The predicted octanol–water partition coefficient (Wildman–Crippen LogP) is 2.19. The molecule has 0 saturated heterocycles. The van der Waals surface area contributed by atoms with Crippen LogP contribution in [-0.2, 0) is 0 Å². The summed E-state index contributed by atoms with van der Waals surface area (Å²) >= 11 is 0. The van der Waals surface area contributed by atoms with Gasteiger partial charge in [0.25, 0.3) is 0 Å². The van der Waals surface area contributed by atoms with Crippen LogP contribution in [-0.4, -0.2) is 15.9 Å². The lowest BCUT2D eigenvalue weighted by Crippen LogP contribution is -2.30. The van der Waals surface area contributed by atoms with Crippen LogP contribution in [0.4, 0.5) is 0 Å². The highest BCUT2D eigenvalue weighted by atomic mass is 15.0. The molecule has 0 aliphatic rings. The third-order valence-electron chi connectivity index (χ3n) is 2.31. The zero-order chi connectivity index (χ0) is 9.10. The second kappa shape index (κ2) is 3.56. The van der Waals surface area contributed by atoms with Gasteiger partial charge < -0.3 is 8.96 Å². The van der Waals surface area contributed by atoms with E-state index in [1.807, 2.05) is 0 Å². The lowest BCUT2D eigenvalue weighted by atomic mass is 9.72. The van der Waals surface area contributed by atoms with E-state index in [0.29, 0.717) is 6.98 Å². The van der Waals surface area contributed by atoms with Gasteiger partial charge in [-0.25, -0.2) is 0 Å². The third-order valence-corrected chi connectivity index (χ3v) is 2.31. The van der Waals surface area contributed by atoms with E-state index >= 15 is 0 Å². The molecular formula is C10H13BN2. The van der Waals surface area contributed by atoms with Crippen molar-refractivity contribution in [2.75, 3.05) is 0 Å². The van der Waals surface area contributed by atoms with Crippen molar-refractivity contribution < 1.29 is 0 Å². The van der Waals surface area contributed by atoms with Gasteiger partial charge in [-0.3, -0.25) is 0 Å². The van der Waals surface area contributed by atoms with Crippen LogP contribution in [0.1, 0.15) is 6.92 Å². The van der Waals surface area contributed by atoms with Crippen LogP contribution in [0.25, 0.3) is 0 Å². The van der Waals surface area contributed by atoms with Crippen LogP contribution in [0.5, 0.6) is 0 Å². The Morgan fingerprint density at radius 1 is 0.846 bits per heavy atom. The molecule has 2 nitrogen and oxygen atoms in total. The van der Waals surface area contributed by atoms with Crippen molar-refractivity contribution in [2.24, 2.45) is 0 Å². The van der Waals surface area contributed by atoms with Gasteiger partial charge in [0, 0.05) is 0 Å². The van der Waals surface area contributed by atoms with E-state index < -0.39 is 0 Å². The summed E-state index contributed by atoms with van der Waals surface area (Å²) in [5.74, 6) is 0. The van der Waals surface area contributed by atoms with Gasteiger partial charge in [-0.15, -0.1) is 0 Å². The molecule has 0 spiro atoms. The Hall–Kier alpha value is -1.38. The van der Waals surface area contributed by atoms with Crippen LogP contribution < -0.4 is 0 Å². The molecule has 0 radical (unpaired) electrons. The molecule has 0 aliphatic heterocycles. The number of hydrogen-bond donors (Lipinski definition) is 0. The van der Waals surface area contributed by atoms with Crippen LogP contribution in [0, 0.1) is 0 Å². The minimum absolute atomic E-state index is 0.421. The monoisotopic (exact) mass is 172 g/mol. The average molecular weight is 172 g/mol. The van der Waals surface area contributed by atoms with Crippen LogP contribution in [0.3, 0.4) is 0 Å². The smallest absolute Gasteiger partial charge is 0.378 e. The standard InChI is InChI=1S/C10H13BN2/c1-2-11(12-7-3-4-8-12)13-9-5-6-10-13/h3-10H,2H2,1H3. The van der Waals surface area contributed by atoms with E-state index in [1.165, 1.54) is 0 Å². The maximum absolute atomic E-state index is 2.22. The SMILES string of the molecule is CCB(n1cccc1)n1cccc1. The van der Waals surface area contributed by atoms with Gasteiger partial charge >= 0.3 is 6.98 Å². The van der Waals surface area contributed by atoms with Gasteiger partial charge in [-0.1, -0.05) is 6.92 Å². The highest BCUT2D eigenvalue weighted by molar-refractivity contribution is 6.55. The zero-order valence-corrected chi connectivity index (χ0v) is 7.80. The number of hydrogen-bond acceptors (Lipinski definition) is 0. The van der Waals surface area contributed by atoms with Gasteiger partial charge in [-0.2, -0.15) is 0 Å². The van der Waals surface area contributed by atoms with Gasteiger partial charge in [0.2, 0.25) is 0 Å². The fourth-order valence-electron chi connectivity index (χ4n) is 1.67. The van der Waals surface area contributed by atoms with E-state index in [1.54, 1.807) is 0 Å². The molecule has 0 saturated carbocycles. The molecule has 0 fully saturated rings. The van der Waals surface area contributed by atoms with Crippen molar-refractivity contribution in [1.82, 2.24) is 8.96 Å². The van der Waals surface area contributed by atoms with Gasteiger partial charge in [-0.05, 0) is 55.4 Å². The highest BCUT2D eigenvalue weighted by Crippen LogP contribution is 2.02. The molecule has 2 heterocycles. The summed E-state index contributed by atoms with van der Waals surface area (Å²) in [5, 5.41) is 0. The molecule has 0 atom stereocenters. The zero-order valence-electron chi connectivity index (χ0n) is 7.80. The summed E-state index contributed by atoms with van der Waals surface area (Å²) < 4.78 is 4.44. The first-order valence-corrected chi connectivity index (χ1v) is 4.66. The quantitative estimate of drug-likeness (QED) is 0.628. The molecule has 0 N–H and O–H groups in total. The van der Waals surface area contributed by atoms with Crippen LogP contribution in [0.2, 0.25) is 6.32 Å². The Bertz CT molecular complexity index is 303. The third kappa shape index (κ3) is 1.54. The van der Waals surface area contributed by atoms with Crippen LogP contribution >= 0.6 is 0 Å². The largest absolute Gasteiger partial charge is 0.382 e. The fraction of sp³-hybridized carbons (Fsp3) is 0.200. The molecule has 0 aromatic carbocycles. The second-order valence-electron chi connectivity index (χ2n) is 3.15. The first-order chi connectivity index (χ1) is 6.42. The normalized spacial score (nSPS) is 10.2. The van der Waals surface area contributed by atoms with Crippen molar-refractivity contribution in [2.45, 2.75) is 13.2 Å². The molecule has 2 rings (SSSR count). The minimum atomic E-state index is 0.421. The van der Waals surface area contributed by atoms with E-state index in [2.05, 4.69) is 64.9 Å². The van der Waals surface area contributed by atoms with Crippen LogP contribution in [0.15, 0.2) is 49.1 Å². The Balaban J connectivity index is 2.29. The molecule has 66 valence electrons. The summed E-state index contributed by atoms with van der Waals surface area (Å²) in [5.41, 5.74) is 0. The number of aromatic nitrogens is 2. The molecule has 0 amide bonds. The molecule has 3 heteroatoms. The molecule has 13 heavy (non-hydrogen) atoms. The maximum Gasteiger partial charge on any atom is 0.382 e. The molecular weight excluding hydrogens is 159 g/mol. The Morgan fingerprint density at radius 2 is 1.23 bits per heavy atom. The Kier molecular flexibility index (Phi) is 2.26. The molecule has 0 aliphatic carbocycles. The summed E-state index contributed by atoms with van der Waals surface area (Å²) in [4.78, 5) is 0. The van der Waals surface area contributed by atoms with Gasteiger partial charge in [0.1, 0.15) is 0 Å². The Labute approximate surface area is 78.9 Å². The van der Waals surface area contributed by atoms with Gasteiger partial charge in [0.05, 0.1) is 0 Å². The van der Waals surface area contributed by atoms with E-state index in [9.17, 15) is 0 Å². The summed E-state index contributed by atoms with van der Waals surface area (Å²) in [6.45, 7) is 2.62. The number of rotatable bonds is 3. The maximum atomic E-state index is 2.22. The average Bonchev–Trinajstić information content (AvgIpc) is 2.76. The van der Waals surface area contributed by atoms with Crippen molar-refractivity contribution in [1.29, 1.82) is 0 Å². The lowest BCUT2D eigenvalue weighted by molar-refractivity contribution is 1.03. The fourth-order valence-corrected chi connectivity index (χ4v) is 1.67. The summed E-state index contributed by atoms with van der Waals surface area (Å²) in [6, 6.07) is 8.25. The van der Waals surface area contributed by atoms with Crippen molar-refractivity contribution in [3.8, 4) is 0 Å². The van der Waals surface area contributed by atoms with Crippen molar-refractivity contribution in [3.63, 3.8) is 0 Å². The first kappa shape index (κ1) is 8.23. The molecule has 2 aromatic rings. The molecule has 2 aromatic heterocycles. The van der Waals surface area contributed by atoms with E-state index in [4.69, 9.17) is 0 Å². The topological polar surface area (TPSA) is 9.86 Å². The van der Waals surface area contributed by atoms with Crippen molar-refractivity contribution >= 4 is 6.98 Å². The Morgan fingerprint density at radius 3 is 1.54 bits per heavy atom. The lowest BCUT2D eigenvalue weighted by Gasteiger charge is -2.13. The summed E-state index contributed by atoms with van der Waals surface area (Å²) in [6.07, 6.45) is 9.52. The second-order valence-corrected chi connectivity index (χ2v) is 3.15.